The summed E-state index contributed by atoms with van der Waals surface area (Å²) in [7, 11) is 0. The zero-order valence-corrected chi connectivity index (χ0v) is 14.9. The van der Waals surface area contributed by atoms with E-state index < -0.39 is 0 Å². The first-order chi connectivity index (χ1) is 9.64. The summed E-state index contributed by atoms with van der Waals surface area (Å²) in [6, 6.07) is 0. The van der Waals surface area contributed by atoms with Crippen LogP contribution in [0.1, 0.15) is 86.5 Å². The molecule has 1 aliphatic rings. The highest BCUT2D eigenvalue weighted by molar-refractivity contribution is 5.95. The Morgan fingerprint density at radius 1 is 1.00 bits per heavy atom. The molecule has 0 radical (unpaired) electrons. The first-order valence-electron chi connectivity index (χ1n) is 8.60. The van der Waals surface area contributed by atoms with Gasteiger partial charge in [0, 0.05) is 16.9 Å². The quantitative estimate of drug-likeness (QED) is 0.495. The SMILES string of the molecule is CCC(CC)(CC)C(O)=CC(=O)C1(C)CCC(C)(C)CC1. The van der Waals surface area contributed by atoms with Crippen LogP contribution < -0.4 is 0 Å². The van der Waals surface area contributed by atoms with Crippen LogP contribution in [0.15, 0.2) is 11.8 Å². The Kier molecular flexibility index (Phi) is 5.69. The molecule has 2 heteroatoms. The van der Waals surface area contributed by atoms with Crippen LogP contribution in [0.4, 0.5) is 0 Å². The lowest BCUT2D eigenvalue weighted by Crippen LogP contribution is -2.35. The van der Waals surface area contributed by atoms with Gasteiger partial charge < -0.3 is 5.11 Å². The zero-order chi connectivity index (χ0) is 16.3. The van der Waals surface area contributed by atoms with Crippen molar-refractivity contribution in [3.05, 3.63) is 11.8 Å². The number of aliphatic hydroxyl groups excluding tert-OH is 1. The van der Waals surface area contributed by atoms with Crippen molar-refractivity contribution in [1.29, 1.82) is 0 Å². The number of aliphatic hydroxyl groups is 1. The van der Waals surface area contributed by atoms with Gasteiger partial charge in [0.15, 0.2) is 5.78 Å². The van der Waals surface area contributed by atoms with Gasteiger partial charge in [-0.15, -0.1) is 0 Å². The first kappa shape index (κ1) is 18.3. The predicted molar refractivity (Wildman–Crippen MR) is 89.4 cm³/mol. The van der Waals surface area contributed by atoms with Crippen LogP contribution >= 0.6 is 0 Å². The van der Waals surface area contributed by atoms with E-state index >= 15 is 0 Å². The molecule has 122 valence electrons. The molecule has 0 aliphatic heterocycles. The van der Waals surface area contributed by atoms with Crippen molar-refractivity contribution in [2.24, 2.45) is 16.2 Å². The molecule has 0 spiro atoms. The molecule has 0 amide bonds. The molecule has 0 saturated heterocycles. The summed E-state index contributed by atoms with van der Waals surface area (Å²) in [6.45, 7) is 12.9. The third-order valence-corrected chi connectivity index (χ3v) is 6.14. The predicted octanol–water partition coefficient (Wildman–Crippen LogP) is 5.82. The molecule has 0 aromatic rings. The van der Waals surface area contributed by atoms with Gasteiger partial charge in [-0.05, 0) is 50.4 Å². The molecular weight excluding hydrogens is 260 g/mol. The number of carbonyl (C=O) groups excluding carboxylic acids is 1. The van der Waals surface area contributed by atoms with Crippen molar-refractivity contribution in [3.63, 3.8) is 0 Å². The van der Waals surface area contributed by atoms with E-state index in [-0.39, 0.29) is 16.6 Å². The van der Waals surface area contributed by atoms with Gasteiger partial charge in [0.05, 0.1) is 0 Å². The minimum Gasteiger partial charge on any atom is -0.512 e. The number of hydrogen-bond acceptors (Lipinski definition) is 2. The Hall–Kier alpha value is -0.790. The molecule has 1 aliphatic carbocycles. The summed E-state index contributed by atoms with van der Waals surface area (Å²) in [5.74, 6) is 0.418. The molecule has 0 unspecified atom stereocenters. The Morgan fingerprint density at radius 3 is 1.81 bits per heavy atom. The maximum atomic E-state index is 12.7. The van der Waals surface area contributed by atoms with Gasteiger partial charge in [-0.1, -0.05) is 41.5 Å². The molecule has 0 heterocycles. The third kappa shape index (κ3) is 3.90. The van der Waals surface area contributed by atoms with Crippen LogP contribution in [0.5, 0.6) is 0 Å². The van der Waals surface area contributed by atoms with Gasteiger partial charge >= 0.3 is 0 Å². The zero-order valence-electron chi connectivity index (χ0n) is 14.9. The van der Waals surface area contributed by atoms with Crippen molar-refractivity contribution < 1.29 is 9.90 Å². The molecule has 1 fully saturated rings. The second-order valence-corrected chi connectivity index (χ2v) is 7.96. The molecule has 0 aromatic carbocycles. The third-order valence-electron chi connectivity index (χ3n) is 6.14. The number of carbonyl (C=O) groups is 1. The summed E-state index contributed by atoms with van der Waals surface area (Å²) in [5, 5.41) is 10.5. The Morgan fingerprint density at radius 2 is 1.43 bits per heavy atom. The number of hydrogen-bond donors (Lipinski definition) is 1. The van der Waals surface area contributed by atoms with Crippen molar-refractivity contribution in [1.82, 2.24) is 0 Å². The van der Waals surface area contributed by atoms with Gasteiger partial charge in [-0.25, -0.2) is 0 Å². The van der Waals surface area contributed by atoms with Crippen LogP contribution in [0.3, 0.4) is 0 Å². The normalized spacial score (nSPS) is 22.1. The van der Waals surface area contributed by atoms with E-state index in [0.29, 0.717) is 11.2 Å². The van der Waals surface area contributed by atoms with Crippen molar-refractivity contribution >= 4 is 5.78 Å². The molecule has 2 nitrogen and oxygen atoms in total. The maximum Gasteiger partial charge on any atom is 0.164 e. The van der Waals surface area contributed by atoms with Gasteiger partial charge in [-0.2, -0.15) is 0 Å². The minimum atomic E-state index is -0.287. The van der Waals surface area contributed by atoms with E-state index in [1.165, 1.54) is 0 Å². The van der Waals surface area contributed by atoms with E-state index in [0.717, 1.165) is 44.9 Å². The van der Waals surface area contributed by atoms with Crippen LogP contribution in [0.25, 0.3) is 0 Å². The smallest absolute Gasteiger partial charge is 0.164 e. The molecule has 1 N–H and O–H groups in total. The summed E-state index contributed by atoms with van der Waals surface area (Å²) in [4.78, 5) is 12.7. The van der Waals surface area contributed by atoms with Crippen molar-refractivity contribution in [2.45, 2.75) is 86.5 Å². The second-order valence-electron chi connectivity index (χ2n) is 7.96. The first-order valence-corrected chi connectivity index (χ1v) is 8.60. The summed E-state index contributed by atoms with van der Waals surface area (Å²) >= 11 is 0. The molecule has 1 saturated carbocycles. The van der Waals surface area contributed by atoms with Crippen molar-refractivity contribution in [2.75, 3.05) is 0 Å². The fourth-order valence-corrected chi connectivity index (χ4v) is 3.47. The van der Waals surface area contributed by atoms with Crippen LogP contribution in [0.2, 0.25) is 0 Å². The van der Waals surface area contributed by atoms with Crippen LogP contribution in [-0.4, -0.2) is 10.9 Å². The topological polar surface area (TPSA) is 37.3 Å². The average Bonchev–Trinajstić information content (AvgIpc) is 2.45. The monoisotopic (exact) mass is 294 g/mol. The highest BCUT2D eigenvalue weighted by atomic mass is 16.3. The molecule has 21 heavy (non-hydrogen) atoms. The van der Waals surface area contributed by atoms with Crippen LogP contribution in [-0.2, 0) is 4.79 Å². The highest BCUT2D eigenvalue weighted by Crippen LogP contribution is 2.46. The van der Waals surface area contributed by atoms with E-state index in [1.54, 1.807) is 6.08 Å². The molecule has 0 atom stereocenters. The van der Waals surface area contributed by atoms with Gasteiger partial charge in [0.25, 0.3) is 0 Å². The molecular formula is C19H34O2. The van der Waals surface area contributed by atoms with E-state index in [1.807, 2.05) is 0 Å². The number of rotatable bonds is 6. The minimum absolute atomic E-state index is 0.121. The fourth-order valence-electron chi connectivity index (χ4n) is 3.47. The molecule has 0 aromatic heterocycles. The second kappa shape index (κ2) is 6.54. The largest absolute Gasteiger partial charge is 0.512 e. The Balaban J connectivity index is 2.91. The lowest BCUT2D eigenvalue weighted by molar-refractivity contribution is -0.126. The standard InChI is InChI=1S/C19H34O2/c1-7-19(8-2,9-3)16(21)14-15(20)18(6)12-10-17(4,5)11-13-18/h14,21H,7-13H2,1-6H3. The lowest BCUT2D eigenvalue weighted by Gasteiger charge is -2.40. The Bertz CT molecular complexity index is 382. The van der Waals surface area contributed by atoms with Crippen LogP contribution in [0, 0.1) is 16.2 Å². The summed E-state index contributed by atoms with van der Waals surface area (Å²) < 4.78 is 0. The summed E-state index contributed by atoms with van der Waals surface area (Å²) in [5.41, 5.74) is -0.157. The maximum absolute atomic E-state index is 12.7. The number of ketones is 1. The van der Waals surface area contributed by atoms with Gasteiger partial charge in [-0.3, -0.25) is 4.79 Å². The molecule has 0 bridgehead atoms. The lowest BCUT2D eigenvalue weighted by atomic mass is 9.64. The number of allylic oxidation sites excluding steroid dienone is 2. The Labute approximate surface area is 131 Å². The van der Waals surface area contributed by atoms with Crippen molar-refractivity contribution in [3.8, 4) is 0 Å². The summed E-state index contributed by atoms with van der Waals surface area (Å²) in [6.07, 6.45) is 8.21. The van der Waals surface area contributed by atoms with Gasteiger partial charge in [0.1, 0.15) is 5.76 Å². The average molecular weight is 294 g/mol. The van der Waals surface area contributed by atoms with E-state index in [4.69, 9.17) is 0 Å². The van der Waals surface area contributed by atoms with E-state index in [2.05, 4.69) is 41.5 Å². The van der Waals surface area contributed by atoms with E-state index in [9.17, 15) is 9.90 Å². The van der Waals surface area contributed by atoms with Gasteiger partial charge in [0.2, 0.25) is 0 Å². The fraction of sp³-hybridized carbons (Fsp3) is 0.842. The molecule has 1 rings (SSSR count). The highest BCUT2D eigenvalue weighted by Gasteiger charge is 2.40.